The second-order valence-electron chi connectivity index (χ2n) is 3.40. The molecular formula is C12H9ClF2N2O. The summed E-state index contributed by atoms with van der Waals surface area (Å²) in [4.78, 5) is 3.85. The quantitative estimate of drug-likeness (QED) is 0.850. The van der Waals surface area contributed by atoms with Crippen molar-refractivity contribution in [1.29, 1.82) is 0 Å². The molecule has 1 N–H and O–H groups in total. The van der Waals surface area contributed by atoms with Crippen molar-refractivity contribution >= 4 is 23.0 Å². The molecule has 1 heterocycles. The molecule has 0 spiro atoms. The van der Waals surface area contributed by atoms with Gasteiger partial charge in [0.15, 0.2) is 0 Å². The number of hydrogen-bond acceptors (Lipinski definition) is 3. The first kappa shape index (κ1) is 12.6. The Labute approximate surface area is 107 Å². The van der Waals surface area contributed by atoms with Gasteiger partial charge >= 0.3 is 6.61 Å². The maximum Gasteiger partial charge on any atom is 0.387 e. The van der Waals surface area contributed by atoms with E-state index < -0.39 is 6.61 Å². The molecule has 0 radical (unpaired) electrons. The second-order valence-corrected chi connectivity index (χ2v) is 3.78. The van der Waals surface area contributed by atoms with Crippen LogP contribution >= 0.6 is 11.6 Å². The van der Waals surface area contributed by atoms with Crippen LogP contribution in [-0.4, -0.2) is 11.6 Å². The van der Waals surface area contributed by atoms with Gasteiger partial charge in [0.1, 0.15) is 10.9 Å². The van der Waals surface area contributed by atoms with Crippen LogP contribution < -0.4 is 10.1 Å². The Hall–Kier alpha value is -1.88. The van der Waals surface area contributed by atoms with Crippen molar-refractivity contribution in [2.24, 2.45) is 0 Å². The number of halogens is 3. The number of nitrogens with zero attached hydrogens (tertiary/aromatic N) is 1. The van der Waals surface area contributed by atoms with Gasteiger partial charge in [-0.25, -0.2) is 4.98 Å². The fourth-order valence-corrected chi connectivity index (χ4v) is 1.54. The van der Waals surface area contributed by atoms with Gasteiger partial charge in [-0.3, -0.25) is 0 Å². The summed E-state index contributed by atoms with van der Waals surface area (Å²) in [5.74, 6) is 0.114. The lowest BCUT2D eigenvalue weighted by atomic mass is 10.3. The number of ether oxygens (including phenoxy) is 1. The molecule has 1 aromatic heterocycles. The monoisotopic (exact) mass is 270 g/mol. The van der Waals surface area contributed by atoms with E-state index in [9.17, 15) is 8.78 Å². The highest BCUT2D eigenvalue weighted by atomic mass is 35.5. The molecule has 0 saturated heterocycles. The number of anilines is 2. The summed E-state index contributed by atoms with van der Waals surface area (Å²) >= 11 is 5.74. The summed E-state index contributed by atoms with van der Waals surface area (Å²) in [6.45, 7) is -2.82. The zero-order chi connectivity index (χ0) is 13.0. The third kappa shape index (κ3) is 3.56. The van der Waals surface area contributed by atoms with E-state index in [2.05, 4.69) is 15.0 Å². The van der Waals surface area contributed by atoms with E-state index in [4.69, 9.17) is 11.6 Å². The average Bonchev–Trinajstić information content (AvgIpc) is 2.31. The fourth-order valence-electron chi connectivity index (χ4n) is 1.37. The Bertz CT molecular complexity index is 520. The maximum absolute atomic E-state index is 12.0. The van der Waals surface area contributed by atoms with E-state index >= 15 is 0 Å². The molecule has 2 aromatic rings. The van der Waals surface area contributed by atoms with Crippen molar-refractivity contribution in [3.05, 3.63) is 47.7 Å². The van der Waals surface area contributed by atoms with E-state index in [0.717, 1.165) is 11.4 Å². The summed E-state index contributed by atoms with van der Waals surface area (Å²) in [5.41, 5.74) is 1.50. The topological polar surface area (TPSA) is 34.1 Å². The Kier molecular flexibility index (Phi) is 3.94. The molecule has 18 heavy (non-hydrogen) atoms. The lowest BCUT2D eigenvalue weighted by molar-refractivity contribution is -0.0498. The van der Waals surface area contributed by atoms with Crippen LogP contribution in [0.5, 0.6) is 5.75 Å². The molecule has 0 atom stereocenters. The maximum atomic E-state index is 12.0. The molecule has 3 nitrogen and oxygen atoms in total. The molecule has 0 fully saturated rings. The molecule has 0 aliphatic carbocycles. The number of nitrogens with one attached hydrogen (secondary N) is 1. The van der Waals surface area contributed by atoms with Crippen LogP contribution in [0.25, 0.3) is 0 Å². The molecule has 2 rings (SSSR count). The SMILES string of the molecule is FC(F)Oc1ccc(Nc2ccnc(Cl)c2)cc1. The number of pyridine rings is 1. The Balaban J connectivity index is 2.06. The fraction of sp³-hybridized carbons (Fsp3) is 0.0833. The van der Waals surface area contributed by atoms with Crippen LogP contribution in [0.4, 0.5) is 20.2 Å². The van der Waals surface area contributed by atoms with Crippen LogP contribution in [0, 0.1) is 0 Å². The molecule has 0 saturated carbocycles. The number of rotatable bonds is 4. The number of benzene rings is 1. The van der Waals surface area contributed by atoms with Crippen LogP contribution in [0.3, 0.4) is 0 Å². The minimum atomic E-state index is -2.82. The predicted molar refractivity (Wildman–Crippen MR) is 65.6 cm³/mol. The normalized spacial score (nSPS) is 10.4. The van der Waals surface area contributed by atoms with Gasteiger partial charge in [-0.15, -0.1) is 0 Å². The van der Waals surface area contributed by atoms with Gasteiger partial charge in [0.05, 0.1) is 0 Å². The van der Waals surface area contributed by atoms with Crippen LogP contribution in [0.15, 0.2) is 42.6 Å². The molecule has 6 heteroatoms. The van der Waals surface area contributed by atoms with Crippen molar-refractivity contribution in [3.63, 3.8) is 0 Å². The minimum absolute atomic E-state index is 0.114. The van der Waals surface area contributed by atoms with Gasteiger partial charge in [-0.2, -0.15) is 8.78 Å². The summed E-state index contributed by atoms with van der Waals surface area (Å²) in [6, 6.07) is 9.58. The van der Waals surface area contributed by atoms with Crippen LogP contribution in [0.1, 0.15) is 0 Å². The predicted octanol–water partition coefficient (Wildman–Crippen LogP) is 4.08. The number of hydrogen-bond donors (Lipinski definition) is 1. The summed E-state index contributed by atoms with van der Waals surface area (Å²) in [7, 11) is 0. The summed E-state index contributed by atoms with van der Waals surface area (Å²) in [6.07, 6.45) is 1.57. The van der Waals surface area contributed by atoms with Gasteiger partial charge in [-0.1, -0.05) is 11.6 Å². The highest BCUT2D eigenvalue weighted by Crippen LogP contribution is 2.22. The van der Waals surface area contributed by atoms with E-state index in [1.807, 2.05) is 0 Å². The number of aromatic nitrogens is 1. The Morgan fingerprint density at radius 1 is 1.11 bits per heavy atom. The standard InChI is InChI=1S/C12H9ClF2N2O/c13-11-7-9(5-6-16-11)17-8-1-3-10(4-2-8)18-12(14)15/h1-7,12H,(H,16,17). The zero-order valence-electron chi connectivity index (χ0n) is 9.11. The molecule has 0 unspecified atom stereocenters. The molecule has 0 aliphatic heterocycles. The number of alkyl halides is 2. The first-order chi connectivity index (χ1) is 8.63. The molecule has 0 bridgehead atoms. The molecule has 0 amide bonds. The first-order valence-corrected chi connectivity index (χ1v) is 5.45. The lowest BCUT2D eigenvalue weighted by Crippen LogP contribution is -2.01. The first-order valence-electron chi connectivity index (χ1n) is 5.07. The van der Waals surface area contributed by atoms with E-state index in [-0.39, 0.29) is 5.75 Å². The van der Waals surface area contributed by atoms with Crippen molar-refractivity contribution < 1.29 is 13.5 Å². The highest BCUT2D eigenvalue weighted by molar-refractivity contribution is 6.29. The minimum Gasteiger partial charge on any atom is -0.435 e. The molecular weight excluding hydrogens is 262 g/mol. The molecule has 1 aromatic carbocycles. The zero-order valence-corrected chi connectivity index (χ0v) is 9.86. The second kappa shape index (κ2) is 5.64. The average molecular weight is 271 g/mol. The van der Waals surface area contributed by atoms with Crippen LogP contribution in [-0.2, 0) is 0 Å². The largest absolute Gasteiger partial charge is 0.435 e. The Morgan fingerprint density at radius 2 is 1.83 bits per heavy atom. The summed E-state index contributed by atoms with van der Waals surface area (Å²) in [5, 5.41) is 3.43. The van der Waals surface area contributed by atoms with Crippen molar-refractivity contribution in [3.8, 4) is 5.75 Å². The summed E-state index contributed by atoms with van der Waals surface area (Å²) < 4.78 is 28.2. The van der Waals surface area contributed by atoms with Gasteiger partial charge in [-0.05, 0) is 36.4 Å². The van der Waals surface area contributed by atoms with E-state index in [1.54, 1.807) is 30.5 Å². The Morgan fingerprint density at radius 3 is 2.44 bits per heavy atom. The van der Waals surface area contributed by atoms with Crippen LogP contribution in [0.2, 0.25) is 5.15 Å². The third-order valence-corrected chi connectivity index (χ3v) is 2.30. The van der Waals surface area contributed by atoms with Crippen molar-refractivity contribution in [2.75, 3.05) is 5.32 Å². The van der Waals surface area contributed by atoms with Gasteiger partial charge in [0.2, 0.25) is 0 Å². The highest BCUT2D eigenvalue weighted by Gasteiger charge is 2.03. The van der Waals surface area contributed by atoms with Crippen molar-refractivity contribution in [2.45, 2.75) is 6.61 Å². The van der Waals surface area contributed by atoms with E-state index in [0.29, 0.717) is 5.15 Å². The van der Waals surface area contributed by atoms with Gasteiger partial charge in [0.25, 0.3) is 0 Å². The van der Waals surface area contributed by atoms with E-state index in [1.165, 1.54) is 12.1 Å². The molecule has 94 valence electrons. The molecule has 0 aliphatic rings. The smallest absolute Gasteiger partial charge is 0.387 e. The van der Waals surface area contributed by atoms with Crippen molar-refractivity contribution in [1.82, 2.24) is 4.98 Å². The van der Waals surface area contributed by atoms with Gasteiger partial charge < -0.3 is 10.1 Å². The lowest BCUT2D eigenvalue weighted by Gasteiger charge is -2.08. The van der Waals surface area contributed by atoms with Gasteiger partial charge in [0, 0.05) is 17.6 Å². The third-order valence-electron chi connectivity index (χ3n) is 2.09.